The van der Waals surface area contributed by atoms with E-state index < -0.39 is 0 Å². The fourth-order valence-electron chi connectivity index (χ4n) is 0.829. The van der Waals surface area contributed by atoms with Crippen LogP contribution in [0.4, 0.5) is 0 Å². The van der Waals surface area contributed by atoms with Crippen molar-refractivity contribution in [2.75, 3.05) is 20.2 Å². The Morgan fingerprint density at radius 1 is 1.50 bits per heavy atom. The van der Waals surface area contributed by atoms with Gasteiger partial charge in [-0.1, -0.05) is 20.3 Å². The molecule has 0 radical (unpaired) electrons. The Hall–Kier alpha value is -0.0800. The second-order valence-corrected chi connectivity index (χ2v) is 2.56. The summed E-state index contributed by atoms with van der Waals surface area (Å²) in [6, 6.07) is 0. The van der Waals surface area contributed by atoms with Crippen molar-refractivity contribution in [1.29, 1.82) is 0 Å². The fourth-order valence-corrected chi connectivity index (χ4v) is 0.829. The quantitative estimate of drug-likeness (QED) is 0.602. The van der Waals surface area contributed by atoms with Gasteiger partial charge in [0, 0.05) is 13.7 Å². The van der Waals surface area contributed by atoms with Crippen LogP contribution in [0.5, 0.6) is 0 Å². The lowest BCUT2D eigenvalue weighted by molar-refractivity contribution is 0.119. The Morgan fingerprint density at radius 2 is 2.10 bits per heavy atom. The smallest absolute Gasteiger partial charge is 0.0707 e. The molecule has 2 nitrogen and oxygen atoms in total. The van der Waals surface area contributed by atoms with E-state index in [-0.39, 0.29) is 0 Å². The summed E-state index contributed by atoms with van der Waals surface area (Å²) in [4.78, 5) is 0. The van der Waals surface area contributed by atoms with Crippen LogP contribution >= 0.6 is 0 Å². The van der Waals surface area contributed by atoms with E-state index in [4.69, 9.17) is 4.74 Å². The van der Waals surface area contributed by atoms with E-state index in [1.165, 1.54) is 12.8 Å². The first-order valence-corrected chi connectivity index (χ1v) is 4.08. The fraction of sp³-hybridized carbons (Fsp3) is 1.00. The molecule has 0 aromatic heterocycles. The van der Waals surface area contributed by atoms with Crippen LogP contribution in [0, 0.1) is 0 Å². The highest BCUT2D eigenvalue weighted by atomic mass is 16.5. The normalized spacial score (nSPS) is 23.7. The maximum atomic E-state index is 5.05. The summed E-state index contributed by atoms with van der Waals surface area (Å²) in [6.45, 7) is 6.41. The summed E-state index contributed by atoms with van der Waals surface area (Å²) in [5.41, 5.74) is 0. The summed E-state index contributed by atoms with van der Waals surface area (Å²) >= 11 is 0. The van der Waals surface area contributed by atoms with Crippen molar-refractivity contribution in [3.63, 3.8) is 0 Å². The minimum atomic E-state index is 0.486. The van der Waals surface area contributed by atoms with Gasteiger partial charge in [-0.25, -0.2) is 0 Å². The van der Waals surface area contributed by atoms with Crippen LogP contribution in [0.3, 0.4) is 0 Å². The van der Waals surface area contributed by atoms with E-state index in [9.17, 15) is 0 Å². The first-order valence-electron chi connectivity index (χ1n) is 4.08. The molecule has 62 valence electrons. The van der Waals surface area contributed by atoms with Crippen LogP contribution < -0.4 is 5.32 Å². The minimum absolute atomic E-state index is 0.486. The lowest BCUT2D eigenvalue weighted by Crippen LogP contribution is -2.14. The number of ether oxygens (including phenoxy) is 1. The molecule has 0 aromatic rings. The van der Waals surface area contributed by atoms with Crippen molar-refractivity contribution in [3.05, 3.63) is 0 Å². The molecule has 10 heavy (non-hydrogen) atoms. The van der Waals surface area contributed by atoms with Crippen LogP contribution in [0.1, 0.15) is 26.7 Å². The standard InChI is InChI=1S/C5H11NO.C3H8/c1-7-5-2-3-6-4-5;1-3-2/h5-6H,2-4H2,1H3;3H2,1-2H3/t5-;/m1./s1. The van der Waals surface area contributed by atoms with Gasteiger partial charge in [0.25, 0.3) is 0 Å². The second kappa shape index (κ2) is 7.03. The van der Waals surface area contributed by atoms with Crippen LogP contribution in [0.2, 0.25) is 0 Å². The summed E-state index contributed by atoms with van der Waals surface area (Å²) in [5.74, 6) is 0. The number of nitrogens with one attached hydrogen (secondary N) is 1. The van der Waals surface area contributed by atoms with Crippen molar-refractivity contribution in [2.24, 2.45) is 0 Å². The number of hydrogen-bond acceptors (Lipinski definition) is 2. The van der Waals surface area contributed by atoms with Gasteiger partial charge in [-0.3, -0.25) is 0 Å². The first kappa shape index (κ1) is 9.92. The lowest BCUT2D eigenvalue weighted by atomic mass is 10.3. The topological polar surface area (TPSA) is 21.3 Å². The summed E-state index contributed by atoms with van der Waals surface area (Å²) in [6.07, 6.45) is 2.91. The van der Waals surface area contributed by atoms with Crippen molar-refractivity contribution < 1.29 is 4.74 Å². The van der Waals surface area contributed by atoms with Gasteiger partial charge in [-0.2, -0.15) is 0 Å². The van der Waals surface area contributed by atoms with Crippen molar-refractivity contribution in [2.45, 2.75) is 32.8 Å². The van der Waals surface area contributed by atoms with Gasteiger partial charge in [0.2, 0.25) is 0 Å². The zero-order valence-corrected chi connectivity index (χ0v) is 7.31. The third kappa shape index (κ3) is 4.77. The van der Waals surface area contributed by atoms with E-state index in [0.29, 0.717) is 6.10 Å². The molecule has 0 bridgehead atoms. The molecular formula is C8H19NO. The van der Waals surface area contributed by atoms with Gasteiger partial charge in [0.05, 0.1) is 6.10 Å². The number of hydrogen-bond donors (Lipinski definition) is 1. The average molecular weight is 145 g/mol. The van der Waals surface area contributed by atoms with Gasteiger partial charge in [-0.05, 0) is 13.0 Å². The average Bonchev–Trinajstić information content (AvgIpc) is 2.39. The molecule has 2 heteroatoms. The predicted molar refractivity (Wildman–Crippen MR) is 44.2 cm³/mol. The van der Waals surface area contributed by atoms with Crippen molar-refractivity contribution >= 4 is 0 Å². The summed E-state index contributed by atoms with van der Waals surface area (Å²) < 4.78 is 5.05. The third-order valence-corrected chi connectivity index (χ3v) is 1.35. The van der Waals surface area contributed by atoms with E-state index in [2.05, 4.69) is 19.2 Å². The molecule has 0 aromatic carbocycles. The zero-order chi connectivity index (χ0) is 7.82. The first-order chi connectivity index (χ1) is 4.85. The molecular weight excluding hydrogens is 126 g/mol. The van der Waals surface area contributed by atoms with Crippen molar-refractivity contribution in [3.8, 4) is 0 Å². The van der Waals surface area contributed by atoms with Crippen molar-refractivity contribution in [1.82, 2.24) is 5.32 Å². The van der Waals surface area contributed by atoms with Gasteiger partial charge < -0.3 is 10.1 Å². The Balaban J connectivity index is 0.000000236. The highest BCUT2D eigenvalue weighted by Gasteiger charge is 2.11. The van der Waals surface area contributed by atoms with Crippen LogP contribution in [0.15, 0.2) is 0 Å². The maximum Gasteiger partial charge on any atom is 0.0707 e. The highest BCUT2D eigenvalue weighted by Crippen LogP contribution is 1.99. The second-order valence-electron chi connectivity index (χ2n) is 2.56. The molecule has 0 spiro atoms. The summed E-state index contributed by atoms with van der Waals surface area (Å²) in [5, 5.41) is 3.20. The van der Waals surface area contributed by atoms with Crippen LogP contribution in [-0.4, -0.2) is 26.3 Å². The summed E-state index contributed by atoms with van der Waals surface area (Å²) in [7, 11) is 1.76. The molecule has 1 fully saturated rings. The molecule has 1 aliphatic rings. The van der Waals surface area contributed by atoms with Crippen LogP contribution in [0.25, 0.3) is 0 Å². The molecule has 0 amide bonds. The predicted octanol–water partition coefficient (Wildman–Crippen LogP) is 1.41. The molecule has 1 atom stereocenters. The number of rotatable bonds is 1. The van der Waals surface area contributed by atoms with Gasteiger partial charge in [-0.15, -0.1) is 0 Å². The molecule has 1 heterocycles. The Labute approximate surface area is 64.0 Å². The van der Waals surface area contributed by atoms with Gasteiger partial charge in [0.1, 0.15) is 0 Å². The Kier molecular flexibility index (Phi) is 6.98. The Bertz CT molecular complexity index is 60.3. The molecule has 0 aliphatic carbocycles. The van der Waals surface area contributed by atoms with E-state index in [1.54, 1.807) is 7.11 Å². The minimum Gasteiger partial charge on any atom is -0.380 e. The molecule has 1 aliphatic heterocycles. The van der Waals surface area contributed by atoms with E-state index in [1.807, 2.05) is 0 Å². The van der Waals surface area contributed by atoms with Crippen LogP contribution in [-0.2, 0) is 4.74 Å². The van der Waals surface area contributed by atoms with E-state index in [0.717, 1.165) is 13.1 Å². The SMILES string of the molecule is CCC.CO[C@@H]1CCNC1. The largest absolute Gasteiger partial charge is 0.380 e. The molecule has 1 rings (SSSR count). The number of methoxy groups -OCH3 is 1. The van der Waals surface area contributed by atoms with E-state index >= 15 is 0 Å². The molecule has 1 saturated heterocycles. The third-order valence-electron chi connectivity index (χ3n) is 1.35. The lowest BCUT2D eigenvalue weighted by Gasteiger charge is -2.01. The van der Waals surface area contributed by atoms with Gasteiger partial charge in [0.15, 0.2) is 0 Å². The molecule has 1 N–H and O–H groups in total. The zero-order valence-electron chi connectivity index (χ0n) is 7.31. The van der Waals surface area contributed by atoms with Gasteiger partial charge >= 0.3 is 0 Å². The molecule has 0 unspecified atom stereocenters. The highest BCUT2D eigenvalue weighted by molar-refractivity contribution is 4.69. The molecule has 0 saturated carbocycles. The Morgan fingerprint density at radius 3 is 2.30 bits per heavy atom. The maximum absolute atomic E-state index is 5.05. The monoisotopic (exact) mass is 145 g/mol.